The van der Waals surface area contributed by atoms with Crippen LogP contribution < -0.4 is 11.1 Å². The van der Waals surface area contributed by atoms with Crippen LogP contribution in [0.15, 0.2) is 24.3 Å². The number of carbonyl (C=O) groups is 1. The molecule has 0 saturated heterocycles. The predicted octanol–water partition coefficient (Wildman–Crippen LogP) is 3.34. The minimum Gasteiger partial charge on any atom is -0.327 e. The Balaban J connectivity index is 1.62. The smallest absolute Gasteiger partial charge is 0.227 e. The molecule has 1 aromatic carbocycles. The number of hydrogen-bond acceptors (Lipinski definition) is 2. The summed E-state index contributed by atoms with van der Waals surface area (Å²) >= 11 is 0. The number of benzene rings is 1. The molecule has 0 heterocycles. The van der Waals surface area contributed by atoms with Crippen molar-refractivity contribution < 1.29 is 4.79 Å². The summed E-state index contributed by atoms with van der Waals surface area (Å²) in [5.41, 5.74) is 8.51. The molecule has 2 atom stereocenters. The van der Waals surface area contributed by atoms with Gasteiger partial charge < -0.3 is 11.1 Å². The van der Waals surface area contributed by atoms with Gasteiger partial charge in [-0.3, -0.25) is 4.79 Å². The van der Waals surface area contributed by atoms with Crippen molar-refractivity contribution in [1.29, 1.82) is 0 Å². The molecule has 3 N–H and O–H groups in total. The highest BCUT2D eigenvalue weighted by Crippen LogP contribution is 2.42. The van der Waals surface area contributed by atoms with E-state index in [0.29, 0.717) is 17.9 Å². The molecule has 2 aliphatic carbocycles. The lowest BCUT2D eigenvalue weighted by Gasteiger charge is -2.43. The van der Waals surface area contributed by atoms with Gasteiger partial charge in [0.1, 0.15) is 0 Å². The Morgan fingerprint density at radius 2 is 1.81 bits per heavy atom. The molecular weight excluding hydrogens is 260 g/mol. The number of hydrogen-bond donors (Lipinski definition) is 2. The van der Waals surface area contributed by atoms with Gasteiger partial charge in [0.2, 0.25) is 5.91 Å². The molecule has 0 aromatic heterocycles. The maximum Gasteiger partial charge on any atom is 0.227 e. The molecule has 0 aliphatic heterocycles. The van der Waals surface area contributed by atoms with Gasteiger partial charge in [0.15, 0.2) is 0 Å². The van der Waals surface area contributed by atoms with Crippen LogP contribution in [0.5, 0.6) is 0 Å². The third-order valence-electron chi connectivity index (χ3n) is 5.41. The second kappa shape index (κ2) is 6.18. The summed E-state index contributed by atoms with van der Waals surface area (Å²) in [6.45, 7) is 2.14. The Morgan fingerprint density at radius 1 is 1.19 bits per heavy atom. The van der Waals surface area contributed by atoms with Gasteiger partial charge in [0, 0.05) is 17.6 Å². The fraction of sp³-hybridized carbons (Fsp3) is 0.611. The molecule has 0 radical (unpaired) electrons. The van der Waals surface area contributed by atoms with Crippen molar-refractivity contribution in [3.05, 3.63) is 29.8 Å². The van der Waals surface area contributed by atoms with Crippen molar-refractivity contribution in [2.45, 2.75) is 51.5 Å². The van der Waals surface area contributed by atoms with Crippen LogP contribution in [0.25, 0.3) is 0 Å². The zero-order chi connectivity index (χ0) is 14.8. The monoisotopic (exact) mass is 286 g/mol. The molecule has 1 aromatic rings. The van der Waals surface area contributed by atoms with E-state index in [2.05, 4.69) is 24.4 Å². The van der Waals surface area contributed by atoms with Gasteiger partial charge in [-0.2, -0.15) is 0 Å². The average Bonchev–Trinajstić information content (AvgIpc) is 2.47. The van der Waals surface area contributed by atoms with Crippen LogP contribution in [0.1, 0.15) is 44.6 Å². The molecule has 3 heteroatoms. The van der Waals surface area contributed by atoms with E-state index in [4.69, 9.17) is 5.73 Å². The Labute approximate surface area is 127 Å². The standard InChI is InChI=1S/C18H26N2O/c1-2-12-6-8-16(9-7-12)20-18(21)15-10-13-4-3-5-14(11-15)17(13)19/h6-9,13-15,17H,2-5,10-11,19H2,1H3,(H,20,21). The molecule has 2 saturated carbocycles. The topological polar surface area (TPSA) is 55.1 Å². The van der Waals surface area contributed by atoms with Gasteiger partial charge in [-0.05, 0) is 61.6 Å². The zero-order valence-electron chi connectivity index (χ0n) is 12.8. The van der Waals surface area contributed by atoms with Crippen molar-refractivity contribution in [2.24, 2.45) is 23.5 Å². The number of amides is 1. The fourth-order valence-electron chi connectivity index (χ4n) is 4.07. The van der Waals surface area contributed by atoms with Crippen LogP contribution in [0.2, 0.25) is 0 Å². The van der Waals surface area contributed by atoms with Crippen molar-refractivity contribution in [1.82, 2.24) is 0 Å². The van der Waals surface area contributed by atoms with Gasteiger partial charge >= 0.3 is 0 Å². The summed E-state index contributed by atoms with van der Waals surface area (Å²) in [5, 5.41) is 3.09. The molecule has 2 fully saturated rings. The van der Waals surface area contributed by atoms with Crippen molar-refractivity contribution in [2.75, 3.05) is 5.32 Å². The van der Waals surface area contributed by atoms with E-state index in [9.17, 15) is 4.79 Å². The Morgan fingerprint density at radius 3 is 2.38 bits per heavy atom. The third-order valence-corrected chi connectivity index (χ3v) is 5.41. The molecule has 21 heavy (non-hydrogen) atoms. The lowest BCUT2D eigenvalue weighted by atomic mass is 9.65. The SMILES string of the molecule is CCc1ccc(NC(=O)C2CC3CCCC(C2)C3N)cc1. The highest BCUT2D eigenvalue weighted by atomic mass is 16.1. The van der Waals surface area contributed by atoms with Gasteiger partial charge in [0.25, 0.3) is 0 Å². The van der Waals surface area contributed by atoms with Crippen LogP contribution in [0, 0.1) is 17.8 Å². The summed E-state index contributed by atoms with van der Waals surface area (Å²) in [7, 11) is 0. The second-order valence-electron chi connectivity index (χ2n) is 6.74. The Kier molecular flexibility index (Phi) is 4.29. The van der Waals surface area contributed by atoms with Crippen molar-refractivity contribution >= 4 is 11.6 Å². The van der Waals surface area contributed by atoms with Crippen LogP contribution in [-0.4, -0.2) is 11.9 Å². The Hall–Kier alpha value is -1.35. The highest BCUT2D eigenvalue weighted by molar-refractivity contribution is 5.92. The molecule has 0 spiro atoms. The number of fused-ring (bicyclic) bond motifs is 2. The van der Waals surface area contributed by atoms with Gasteiger partial charge in [-0.25, -0.2) is 0 Å². The predicted molar refractivity (Wildman–Crippen MR) is 86.0 cm³/mol. The first-order valence-electron chi connectivity index (χ1n) is 8.32. The summed E-state index contributed by atoms with van der Waals surface area (Å²) in [6.07, 6.45) is 6.65. The van der Waals surface area contributed by atoms with Crippen molar-refractivity contribution in [3.63, 3.8) is 0 Å². The lowest BCUT2D eigenvalue weighted by Crippen LogP contribution is -2.48. The Bertz CT molecular complexity index is 482. The summed E-state index contributed by atoms with van der Waals surface area (Å²) in [5.74, 6) is 1.43. The van der Waals surface area contributed by atoms with Gasteiger partial charge in [-0.1, -0.05) is 25.5 Å². The quantitative estimate of drug-likeness (QED) is 0.895. The number of aryl methyl sites for hydroxylation is 1. The third kappa shape index (κ3) is 3.13. The van der Waals surface area contributed by atoms with E-state index in [1.165, 1.54) is 24.8 Å². The van der Waals surface area contributed by atoms with Gasteiger partial charge in [0.05, 0.1) is 0 Å². The molecule has 3 rings (SSSR count). The molecule has 114 valence electrons. The zero-order valence-corrected chi connectivity index (χ0v) is 12.8. The molecule has 2 aliphatic rings. The van der Waals surface area contributed by atoms with Crippen molar-refractivity contribution in [3.8, 4) is 0 Å². The van der Waals surface area contributed by atoms with E-state index in [0.717, 1.165) is 24.9 Å². The van der Waals surface area contributed by atoms with Crippen LogP contribution >= 0.6 is 0 Å². The molecular formula is C18H26N2O. The highest BCUT2D eigenvalue weighted by Gasteiger charge is 2.40. The summed E-state index contributed by atoms with van der Waals surface area (Å²) < 4.78 is 0. The first-order chi connectivity index (χ1) is 10.2. The lowest BCUT2D eigenvalue weighted by molar-refractivity contribution is -0.122. The maximum absolute atomic E-state index is 12.5. The van der Waals surface area contributed by atoms with Crippen LogP contribution in [0.4, 0.5) is 5.69 Å². The minimum absolute atomic E-state index is 0.144. The first kappa shape index (κ1) is 14.6. The van der Waals surface area contributed by atoms with E-state index < -0.39 is 0 Å². The minimum atomic E-state index is 0.144. The molecule has 3 nitrogen and oxygen atoms in total. The summed E-state index contributed by atoms with van der Waals surface area (Å²) in [4.78, 5) is 12.5. The molecule has 1 amide bonds. The van der Waals surface area contributed by atoms with E-state index >= 15 is 0 Å². The van der Waals surface area contributed by atoms with Crippen LogP contribution in [-0.2, 0) is 11.2 Å². The average molecular weight is 286 g/mol. The normalized spacial score (nSPS) is 31.7. The number of carbonyl (C=O) groups excluding carboxylic acids is 1. The van der Waals surface area contributed by atoms with E-state index in [1.54, 1.807) is 0 Å². The second-order valence-corrected chi connectivity index (χ2v) is 6.74. The number of anilines is 1. The van der Waals surface area contributed by atoms with Crippen LogP contribution in [0.3, 0.4) is 0 Å². The molecule has 2 unspecified atom stereocenters. The number of nitrogens with one attached hydrogen (secondary N) is 1. The largest absolute Gasteiger partial charge is 0.327 e. The number of rotatable bonds is 3. The fourth-order valence-corrected chi connectivity index (χ4v) is 4.07. The number of nitrogens with two attached hydrogens (primary N) is 1. The van der Waals surface area contributed by atoms with E-state index in [1.807, 2.05) is 12.1 Å². The maximum atomic E-state index is 12.5. The van der Waals surface area contributed by atoms with Gasteiger partial charge in [-0.15, -0.1) is 0 Å². The van der Waals surface area contributed by atoms with E-state index in [-0.39, 0.29) is 11.8 Å². The first-order valence-corrected chi connectivity index (χ1v) is 8.32. The molecule has 2 bridgehead atoms. The summed E-state index contributed by atoms with van der Waals surface area (Å²) in [6, 6.07) is 8.51.